The highest BCUT2D eigenvalue weighted by atomic mass is 35.5. The van der Waals surface area contributed by atoms with Crippen molar-refractivity contribution < 1.29 is 9.53 Å². The highest BCUT2D eigenvalue weighted by molar-refractivity contribution is 7.99. The van der Waals surface area contributed by atoms with Crippen LogP contribution < -0.4 is 5.32 Å². The fraction of sp³-hybridized carbons (Fsp3) is 0.562. The van der Waals surface area contributed by atoms with Gasteiger partial charge in [-0.3, -0.25) is 4.79 Å². The molecule has 21 heavy (non-hydrogen) atoms. The molecule has 0 aliphatic rings. The molecule has 5 heteroatoms. The van der Waals surface area contributed by atoms with E-state index in [4.69, 9.17) is 16.3 Å². The Labute approximate surface area is 136 Å². The molecule has 0 fully saturated rings. The van der Waals surface area contributed by atoms with Gasteiger partial charge in [0.2, 0.25) is 0 Å². The molecule has 1 aromatic carbocycles. The van der Waals surface area contributed by atoms with Crippen molar-refractivity contribution in [1.82, 2.24) is 5.32 Å². The molecule has 2 atom stereocenters. The number of nitrogens with one attached hydrogen (secondary N) is 1. The number of carbonyl (C=O) groups is 1. The monoisotopic (exact) mass is 329 g/mol. The minimum absolute atomic E-state index is 0.197. The molecule has 0 saturated heterocycles. The molecule has 0 heterocycles. The summed E-state index contributed by atoms with van der Waals surface area (Å²) in [6, 6.07) is 7.85. The Balaban J connectivity index is 2.57. The van der Waals surface area contributed by atoms with Crippen LogP contribution in [0.3, 0.4) is 0 Å². The highest BCUT2D eigenvalue weighted by Crippen LogP contribution is 2.28. The van der Waals surface area contributed by atoms with Crippen molar-refractivity contribution in [2.45, 2.75) is 43.7 Å². The number of carbonyl (C=O) groups excluding carboxylic acids is 1. The van der Waals surface area contributed by atoms with Crippen molar-refractivity contribution in [3.63, 3.8) is 0 Å². The van der Waals surface area contributed by atoms with Crippen LogP contribution in [0.25, 0.3) is 0 Å². The Morgan fingerprint density at radius 2 is 2.14 bits per heavy atom. The van der Waals surface area contributed by atoms with Crippen LogP contribution in [0, 0.1) is 0 Å². The van der Waals surface area contributed by atoms with Crippen LogP contribution in [-0.2, 0) is 15.3 Å². The summed E-state index contributed by atoms with van der Waals surface area (Å²) in [7, 11) is 1.79. The van der Waals surface area contributed by atoms with E-state index in [1.165, 1.54) is 0 Å². The minimum atomic E-state index is -0.650. The predicted octanol–water partition coefficient (Wildman–Crippen LogP) is 3.89. The molecule has 0 amide bonds. The minimum Gasteiger partial charge on any atom is -0.465 e. The number of rotatable bonds is 8. The van der Waals surface area contributed by atoms with Crippen LogP contribution >= 0.6 is 23.4 Å². The van der Waals surface area contributed by atoms with E-state index in [-0.39, 0.29) is 5.97 Å². The summed E-state index contributed by atoms with van der Waals surface area (Å²) >= 11 is 7.95. The Morgan fingerprint density at radius 1 is 1.48 bits per heavy atom. The maximum atomic E-state index is 12.0. The Morgan fingerprint density at radius 3 is 2.71 bits per heavy atom. The molecule has 0 aromatic heterocycles. The van der Waals surface area contributed by atoms with Crippen LogP contribution in [0.2, 0.25) is 5.02 Å². The maximum absolute atomic E-state index is 12.0. The SMILES string of the molecule is CCOC(=O)C(C)(CC(C)SCc1ccccc1Cl)NC. The van der Waals surface area contributed by atoms with E-state index >= 15 is 0 Å². The van der Waals surface area contributed by atoms with Gasteiger partial charge in [-0.15, -0.1) is 0 Å². The zero-order valence-electron chi connectivity index (χ0n) is 13.1. The molecule has 3 nitrogen and oxygen atoms in total. The Kier molecular flexibility index (Phi) is 7.57. The van der Waals surface area contributed by atoms with E-state index in [2.05, 4.69) is 12.2 Å². The average Bonchev–Trinajstić information content (AvgIpc) is 2.46. The lowest BCUT2D eigenvalue weighted by atomic mass is 9.96. The number of thioether (sulfide) groups is 1. The summed E-state index contributed by atoms with van der Waals surface area (Å²) in [4.78, 5) is 12.0. The second-order valence-electron chi connectivity index (χ2n) is 5.22. The first-order chi connectivity index (χ1) is 9.92. The molecule has 0 aliphatic carbocycles. The van der Waals surface area contributed by atoms with E-state index in [9.17, 15) is 4.79 Å². The van der Waals surface area contributed by atoms with Gasteiger partial charge >= 0.3 is 5.97 Å². The summed E-state index contributed by atoms with van der Waals surface area (Å²) in [5.41, 5.74) is 0.474. The summed E-state index contributed by atoms with van der Waals surface area (Å²) in [5, 5.41) is 4.19. The third-order valence-electron chi connectivity index (χ3n) is 3.45. The van der Waals surface area contributed by atoms with Crippen molar-refractivity contribution in [2.24, 2.45) is 0 Å². The first kappa shape index (κ1) is 18.3. The smallest absolute Gasteiger partial charge is 0.326 e. The van der Waals surface area contributed by atoms with Crippen LogP contribution in [0.15, 0.2) is 24.3 Å². The molecule has 0 bridgehead atoms. The predicted molar refractivity (Wildman–Crippen MR) is 90.9 cm³/mol. The second-order valence-corrected chi connectivity index (χ2v) is 7.05. The molecular formula is C16H24ClNO2S. The lowest BCUT2D eigenvalue weighted by molar-refractivity contribution is -0.150. The summed E-state index contributed by atoms with van der Waals surface area (Å²) in [6.45, 7) is 6.23. The van der Waals surface area contributed by atoms with Crippen molar-refractivity contribution in [1.29, 1.82) is 0 Å². The zero-order chi connectivity index (χ0) is 15.9. The number of benzene rings is 1. The summed E-state index contributed by atoms with van der Waals surface area (Å²) < 4.78 is 5.15. The van der Waals surface area contributed by atoms with Crippen molar-refractivity contribution in [2.75, 3.05) is 13.7 Å². The molecule has 1 N–H and O–H groups in total. The van der Waals surface area contributed by atoms with Gasteiger partial charge in [-0.2, -0.15) is 11.8 Å². The van der Waals surface area contributed by atoms with Gasteiger partial charge in [0.15, 0.2) is 0 Å². The largest absolute Gasteiger partial charge is 0.465 e. The quantitative estimate of drug-likeness (QED) is 0.734. The van der Waals surface area contributed by atoms with Gasteiger partial charge < -0.3 is 10.1 Å². The number of hydrogen-bond acceptors (Lipinski definition) is 4. The van der Waals surface area contributed by atoms with E-state index in [1.54, 1.807) is 18.8 Å². The highest BCUT2D eigenvalue weighted by Gasteiger charge is 2.34. The number of hydrogen-bond donors (Lipinski definition) is 1. The van der Waals surface area contributed by atoms with E-state index in [1.807, 2.05) is 38.1 Å². The molecule has 1 rings (SSSR count). The third-order valence-corrected chi connectivity index (χ3v) is 5.04. The van der Waals surface area contributed by atoms with Gasteiger partial charge in [-0.05, 0) is 38.9 Å². The fourth-order valence-electron chi connectivity index (χ4n) is 2.06. The van der Waals surface area contributed by atoms with Crippen molar-refractivity contribution in [3.8, 4) is 0 Å². The lowest BCUT2D eigenvalue weighted by Crippen LogP contribution is -2.50. The van der Waals surface area contributed by atoms with Crippen molar-refractivity contribution >= 4 is 29.3 Å². The molecule has 0 saturated carbocycles. The lowest BCUT2D eigenvalue weighted by Gasteiger charge is -2.29. The molecule has 0 radical (unpaired) electrons. The molecule has 2 unspecified atom stereocenters. The van der Waals surface area contributed by atoms with Gasteiger partial charge in [-0.25, -0.2) is 0 Å². The molecule has 118 valence electrons. The number of ether oxygens (including phenoxy) is 1. The topological polar surface area (TPSA) is 38.3 Å². The van der Waals surface area contributed by atoms with E-state index < -0.39 is 5.54 Å². The molecular weight excluding hydrogens is 306 g/mol. The van der Waals surface area contributed by atoms with Crippen LogP contribution in [-0.4, -0.2) is 30.4 Å². The van der Waals surface area contributed by atoms with Crippen LogP contribution in [0.4, 0.5) is 0 Å². The Hall–Kier alpha value is -0.710. The zero-order valence-corrected chi connectivity index (χ0v) is 14.7. The Bertz CT molecular complexity index is 469. The maximum Gasteiger partial charge on any atom is 0.326 e. The van der Waals surface area contributed by atoms with Crippen LogP contribution in [0.5, 0.6) is 0 Å². The van der Waals surface area contributed by atoms with Gasteiger partial charge in [0.25, 0.3) is 0 Å². The number of halogens is 1. The first-order valence-corrected chi connectivity index (χ1v) is 8.56. The van der Waals surface area contributed by atoms with Crippen LogP contribution in [0.1, 0.15) is 32.8 Å². The number of esters is 1. The standard InChI is InChI=1S/C16H24ClNO2S/c1-5-20-15(19)16(3,18-4)10-12(2)21-11-13-8-6-7-9-14(13)17/h6-9,12,18H,5,10-11H2,1-4H3. The summed E-state index contributed by atoms with van der Waals surface area (Å²) in [5.74, 6) is 0.640. The van der Waals surface area contributed by atoms with Gasteiger partial charge in [0.05, 0.1) is 6.61 Å². The normalized spacial score (nSPS) is 15.3. The van der Waals surface area contributed by atoms with Crippen molar-refractivity contribution in [3.05, 3.63) is 34.9 Å². The number of likely N-dealkylation sites (N-methyl/N-ethyl adjacent to an activating group) is 1. The van der Waals surface area contributed by atoms with Gasteiger partial charge in [-0.1, -0.05) is 36.7 Å². The molecule has 0 aliphatic heterocycles. The second kappa shape index (κ2) is 8.66. The van der Waals surface area contributed by atoms with E-state index in [0.29, 0.717) is 18.3 Å². The van der Waals surface area contributed by atoms with Gasteiger partial charge in [0.1, 0.15) is 5.54 Å². The molecule has 1 aromatic rings. The summed E-state index contributed by atoms with van der Waals surface area (Å²) in [6.07, 6.45) is 0.706. The average molecular weight is 330 g/mol. The molecule has 0 spiro atoms. The fourth-order valence-corrected chi connectivity index (χ4v) is 3.51. The third kappa shape index (κ3) is 5.53. The first-order valence-electron chi connectivity index (χ1n) is 7.14. The van der Waals surface area contributed by atoms with Gasteiger partial charge in [0, 0.05) is 16.0 Å². The van der Waals surface area contributed by atoms with E-state index in [0.717, 1.165) is 16.3 Å².